The van der Waals surface area contributed by atoms with E-state index >= 15 is 0 Å². The van der Waals surface area contributed by atoms with Crippen molar-refractivity contribution < 1.29 is 5.11 Å². The van der Waals surface area contributed by atoms with E-state index in [1.165, 1.54) is 24.0 Å². The van der Waals surface area contributed by atoms with Crippen LogP contribution < -0.4 is 0 Å². The molecule has 0 spiro atoms. The number of phenolic OH excluding ortho intramolecular Hbond substituents is 1. The average molecular weight is 254 g/mol. The third kappa shape index (κ3) is 3.85. The maximum Gasteiger partial charge on any atom is 0.115 e. The number of rotatable bonds is 5. The van der Waals surface area contributed by atoms with Crippen LogP contribution in [0.3, 0.4) is 0 Å². The van der Waals surface area contributed by atoms with Crippen molar-refractivity contribution in [2.24, 2.45) is 5.92 Å². The smallest absolute Gasteiger partial charge is 0.115 e. The zero-order valence-corrected chi connectivity index (χ0v) is 11.8. The Balaban J connectivity index is 2.04. The molecule has 0 saturated carbocycles. The van der Waals surface area contributed by atoms with Gasteiger partial charge in [0.2, 0.25) is 0 Å². The highest BCUT2D eigenvalue weighted by Gasteiger charge is 2.01. The maximum absolute atomic E-state index is 9.29. The van der Waals surface area contributed by atoms with Crippen LogP contribution >= 0.6 is 0 Å². The largest absolute Gasteiger partial charge is 0.508 e. The fourth-order valence-corrected chi connectivity index (χ4v) is 2.13. The number of phenols is 1. The monoisotopic (exact) mass is 254 g/mol. The molecule has 100 valence electrons. The molecular weight excluding hydrogens is 232 g/mol. The van der Waals surface area contributed by atoms with Gasteiger partial charge in [-0.3, -0.25) is 0 Å². The molecule has 2 aromatic rings. The van der Waals surface area contributed by atoms with Gasteiger partial charge in [0, 0.05) is 0 Å². The van der Waals surface area contributed by atoms with Gasteiger partial charge in [-0.2, -0.15) is 0 Å². The predicted octanol–water partition coefficient (Wildman–Crippen LogP) is 5.04. The SMILES string of the molecule is CC[C@H](C)CCc1ccc(-c2ccc(O)cc2)cc1. The molecule has 0 unspecified atom stereocenters. The molecule has 1 atom stereocenters. The molecule has 1 N–H and O–H groups in total. The quantitative estimate of drug-likeness (QED) is 0.792. The van der Waals surface area contributed by atoms with Crippen molar-refractivity contribution in [3.63, 3.8) is 0 Å². The molecule has 0 aliphatic heterocycles. The summed E-state index contributed by atoms with van der Waals surface area (Å²) < 4.78 is 0. The second-order valence-electron chi connectivity index (χ2n) is 5.30. The third-order valence-corrected chi connectivity index (χ3v) is 3.78. The molecule has 1 nitrogen and oxygen atoms in total. The lowest BCUT2D eigenvalue weighted by atomic mass is 9.97. The highest BCUT2D eigenvalue weighted by atomic mass is 16.3. The predicted molar refractivity (Wildman–Crippen MR) is 81.3 cm³/mol. The summed E-state index contributed by atoms with van der Waals surface area (Å²) in [5.41, 5.74) is 3.75. The van der Waals surface area contributed by atoms with Gasteiger partial charge in [-0.1, -0.05) is 56.7 Å². The molecule has 0 aromatic heterocycles. The number of benzene rings is 2. The van der Waals surface area contributed by atoms with Crippen LogP contribution in [-0.2, 0) is 6.42 Å². The van der Waals surface area contributed by atoms with E-state index in [1.807, 2.05) is 12.1 Å². The summed E-state index contributed by atoms with van der Waals surface area (Å²) in [6.07, 6.45) is 3.67. The molecule has 0 aliphatic carbocycles. The lowest BCUT2D eigenvalue weighted by molar-refractivity contribution is 0.475. The Morgan fingerprint density at radius 1 is 0.895 bits per heavy atom. The average Bonchev–Trinajstić information content (AvgIpc) is 2.46. The van der Waals surface area contributed by atoms with Gasteiger partial charge >= 0.3 is 0 Å². The molecule has 0 fully saturated rings. The summed E-state index contributed by atoms with van der Waals surface area (Å²) in [5, 5.41) is 9.29. The zero-order valence-electron chi connectivity index (χ0n) is 11.8. The van der Waals surface area contributed by atoms with Gasteiger partial charge in [-0.05, 0) is 47.6 Å². The number of hydrogen-bond donors (Lipinski definition) is 1. The number of aromatic hydroxyl groups is 1. The van der Waals surface area contributed by atoms with E-state index < -0.39 is 0 Å². The van der Waals surface area contributed by atoms with Gasteiger partial charge in [0.15, 0.2) is 0 Å². The molecule has 0 aliphatic rings. The summed E-state index contributed by atoms with van der Waals surface area (Å²) in [7, 11) is 0. The Morgan fingerprint density at radius 3 is 1.95 bits per heavy atom. The first-order valence-corrected chi connectivity index (χ1v) is 7.07. The highest BCUT2D eigenvalue weighted by Crippen LogP contribution is 2.23. The van der Waals surface area contributed by atoms with E-state index in [2.05, 4.69) is 38.1 Å². The molecule has 19 heavy (non-hydrogen) atoms. The molecule has 0 bridgehead atoms. The third-order valence-electron chi connectivity index (χ3n) is 3.78. The van der Waals surface area contributed by atoms with Gasteiger partial charge < -0.3 is 5.11 Å². The van der Waals surface area contributed by atoms with Crippen LogP contribution in [0.5, 0.6) is 5.75 Å². The fraction of sp³-hybridized carbons (Fsp3) is 0.333. The van der Waals surface area contributed by atoms with Crippen LogP contribution in [0.1, 0.15) is 32.3 Å². The number of hydrogen-bond acceptors (Lipinski definition) is 1. The second kappa shape index (κ2) is 6.42. The van der Waals surface area contributed by atoms with Crippen molar-refractivity contribution in [3.8, 4) is 16.9 Å². The van der Waals surface area contributed by atoms with Crippen molar-refractivity contribution in [1.29, 1.82) is 0 Å². The second-order valence-corrected chi connectivity index (χ2v) is 5.30. The fourth-order valence-electron chi connectivity index (χ4n) is 2.13. The van der Waals surface area contributed by atoms with Gasteiger partial charge in [-0.25, -0.2) is 0 Å². The summed E-state index contributed by atoms with van der Waals surface area (Å²) in [4.78, 5) is 0. The molecule has 0 radical (unpaired) electrons. The van der Waals surface area contributed by atoms with E-state index in [-0.39, 0.29) is 0 Å². The van der Waals surface area contributed by atoms with Crippen LogP contribution in [0.4, 0.5) is 0 Å². The van der Waals surface area contributed by atoms with E-state index in [4.69, 9.17) is 0 Å². The lowest BCUT2D eigenvalue weighted by Crippen LogP contribution is -1.95. The first-order chi connectivity index (χ1) is 9.19. The first-order valence-electron chi connectivity index (χ1n) is 7.07. The zero-order chi connectivity index (χ0) is 13.7. The van der Waals surface area contributed by atoms with Crippen LogP contribution in [0.2, 0.25) is 0 Å². The molecule has 0 amide bonds. The Kier molecular flexibility index (Phi) is 4.62. The Labute approximate surface area is 115 Å². The van der Waals surface area contributed by atoms with Gasteiger partial charge in [0.05, 0.1) is 0 Å². The van der Waals surface area contributed by atoms with Crippen LogP contribution in [0.15, 0.2) is 48.5 Å². The Hall–Kier alpha value is -1.76. The van der Waals surface area contributed by atoms with E-state index in [9.17, 15) is 5.11 Å². The molecule has 1 heteroatoms. The Morgan fingerprint density at radius 2 is 1.42 bits per heavy atom. The van der Waals surface area contributed by atoms with Crippen LogP contribution in [0.25, 0.3) is 11.1 Å². The topological polar surface area (TPSA) is 20.2 Å². The van der Waals surface area contributed by atoms with Crippen molar-refractivity contribution in [2.45, 2.75) is 33.1 Å². The molecule has 0 saturated heterocycles. The lowest BCUT2D eigenvalue weighted by Gasteiger charge is -2.08. The summed E-state index contributed by atoms with van der Waals surface area (Å²) in [6.45, 7) is 4.56. The van der Waals surface area contributed by atoms with Crippen LogP contribution in [-0.4, -0.2) is 5.11 Å². The summed E-state index contributed by atoms with van der Waals surface area (Å²) in [5.74, 6) is 1.12. The highest BCUT2D eigenvalue weighted by molar-refractivity contribution is 5.64. The molecule has 2 rings (SSSR count). The summed E-state index contributed by atoms with van der Waals surface area (Å²) >= 11 is 0. The van der Waals surface area contributed by atoms with Crippen LogP contribution in [0, 0.1) is 5.92 Å². The minimum absolute atomic E-state index is 0.314. The normalized spacial score (nSPS) is 12.3. The Bertz CT molecular complexity index is 496. The van der Waals surface area contributed by atoms with Gasteiger partial charge in [0.25, 0.3) is 0 Å². The van der Waals surface area contributed by atoms with Crippen molar-refractivity contribution in [1.82, 2.24) is 0 Å². The number of aryl methyl sites for hydroxylation is 1. The van der Waals surface area contributed by atoms with Gasteiger partial charge in [-0.15, -0.1) is 0 Å². The van der Waals surface area contributed by atoms with Crippen molar-refractivity contribution in [3.05, 3.63) is 54.1 Å². The van der Waals surface area contributed by atoms with E-state index in [1.54, 1.807) is 12.1 Å². The van der Waals surface area contributed by atoms with E-state index in [0.717, 1.165) is 17.9 Å². The molecule has 2 aromatic carbocycles. The molecule has 0 heterocycles. The summed E-state index contributed by atoms with van der Waals surface area (Å²) in [6, 6.07) is 16.1. The standard InChI is InChI=1S/C18H22O/c1-3-14(2)4-5-15-6-8-16(9-7-15)17-10-12-18(19)13-11-17/h6-14,19H,3-5H2,1-2H3/t14-/m0/s1. The van der Waals surface area contributed by atoms with Crippen molar-refractivity contribution >= 4 is 0 Å². The van der Waals surface area contributed by atoms with Gasteiger partial charge in [0.1, 0.15) is 5.75 Å². The first kappa shape index (κ1) is 13.7. The maximum atomic E-state index is 9.29. The minimum Gasteiger partial charge on any atom is -0.508 e. The van der Waals surface area contributed by atoms with Crippen molar-refractivity contribution in [2.75, 3.05) is 0 Å². The minimum atomic E-state index is 0.314. The van der Waals surface area contributed by atoms with E-state index in [0.29, 0.717) is 5.75 Å². The molecular formula is C18H22O.